The third-order valence-electron chi connectivity index (χ3n) is 3.25. The number of hydrogen-bond acceptors (Lipinski definition) is 4. The predicted octanol–water partition coefficient (Wildman–Crippen LogP) is 3.52. The molecular weight excluding hydrogens is 302 g/mol. The maximum atomic E-state index is 12.5. The molecule has 0 fully saturated rings. The number of nitrogens with one attached hydrogen (secondary N) is 1. The van der Waals surface area contributed by atoms with Crippen LogP contribution in [0.15, 0.2) is 39.9 Å². The van der Waals surface area contributed by atoms with E-state index >= 15 is 0 Å². The van der Waals surface area contributed by atoms with Crippen LogP contribution in [0, 0.1) is 6.92 Å². The van der Waals surface area contributed by atoms with E-state index in [2.05, 4.69) is 25.2 Å². The summed E-state index contributed by atoms with van der Waals surface area (Å²) in [7, 11) is 0.673. The summed E-state index contributed by atoms with van der Waals surface area (Å²) in [5, 5.41) is 5.39. The van der Waals surface area contributed by atoms with Crippen molar-refractivity contribution in [1.29, 1.82) is 0 Å². The Labute approximate surface area is 132 Å². The highest BCUT2D eigenvalue weighted by molar-refractivity contribution is 7.87. The van der Waals surface area contributed by atoms with Crippen molar-refractivity contribution in [3.63, 3.8) is 0 Å². The Morgan fingerprint density at radius 3 is 2.81 bits per heavy atom. The van der Waals surface area contributed by atoms with Crippen LogP contribution in [0.4, 0.5) is 0 Å². The van der Waals surface area contributed by atoms with Gasteiger partial charge in [0.2, 0.25) is 0 Å². The lowest BCUT2D eigenvalue weighted by Crippen LogP contribution is -2.26. The van der Waals surface area contributed by atoms with Gasteiger partial charge >= 0.3 is 0 Å². The highest BCUT2D eigenvalue weighted by Gasteiger charge is 2.19. The molecule has 0 bridgehead atoms. The molecule has 0 aliphatic heterocycles. The van der Waals surface area contributed by atoms with Gasteiger partial charge in [-0.3, -0.25) is 4.21 Å². The fraction of sp³-hybridized carbons (Fsp3) is 0.375. The van der Waals surface area contributed by atoms with Crippen molar-refractivity contribution in [2.75, 3.05) is 19.4 Å². The second-order valence-electron chi connectivity index (χ2n) is 4.80. The molecule has 1 N–H and O–H groups in total. The van der Waals surface area contributed by atoms with Gasteiger partial charge in [-0.1, -0.05) is 30.7 Å². The lowest BCUT2D eigenvalue weighted by Gasteiger charge is -2.20. The lowest BCUT2D eigenvalue weighted by molar-refractivity contribution is 0.402. The Morgan fingerprint density at radius 2 is 2.19 bits per heavy atom. The smallest absolute Gasteiger partial charge is 0.123 e. The van der Waals surface area contributed by atoms with Crippen LogP contribution in [-0.2, 0) is 10.8 Å². The number of rotatable bonds is 7. The first kappa shape index (κ1) is 16.2. The lowest BCUT2D eigenvalue weighted by atomic mass is 10.0. The summed E-state index contributed by atoms with van der Waals surface area (Å²) in [6.45, 7) is 4.94. The number of ether oxygens (including phenoxy) is 1. The van der Waals surface area contributed by atoms with Crippen LogP contribution in [-0.4, -0.2) is 23.6 Å². The average molecular weight is 323 g/mol. The minimum absolute atomic E-state index is 0.0211. The molecule has 2 aromatic rings. The van der Waals surface area contributed by atoms with E-state index < -0.39 is 10.8 Å². The summed E-state index contributed by atoms with van der Waals surface area (Å²) in [5.74, 6) is 1.39. The number of hydrogen-bond donors (Lipinski definition) is 1. The van der Waals surface area contributed by atoms with Crippen molar-refractivity contribution in [3.8, 4) is 5.75 Å². The van der Waals surface area contributed by atoms with Crippen molar-refractivity contribution in [1.82, 2.24) is 5.32 Å². The molecule has 2 atom stereocenters. The zero-order valence-electron chi connectivity index (χ0n) is 12.6. The van der Waals surface area contributed by atoms with Gasteiger partial charge in [0.05, 0.1) is 22.1 Å². The van der Waals surface area contributed by atoms with Crippen molar-refractivity contribution in [3.05, 3.63) is 46.8 Å². The maximum Gasteiger partial charge on any atom is 0.123 e. The van der Waals surface area contributed by atoms with Gasteiger partial charge in [-0.2, -0.15) is 0 Å². The Hall–Kier alpha value is -1.17. The Balaban J connectivity index is 2.26. The van der Waals surface area contributed by atoms with E-state index in [1.54, 1.807) is 18.4 Å². The molecule has 0 aliphatic carbocycles. The molecule has 3 nitrogen and oxygen atoms in total. The van der Waals surface area contributed by atoms with Gasteiger partial charge in [-0.05, 0) is 31.0 Å². The first-order chi connectivity index (χ1) is 10.2. The van der Waals surface area contributed by atoms with E-state index in [9.17, 15) is 4.21 Å². The fourth-order valence-corrected chi connectivity index (χ4v) is 4.50. The van der Waals surface area contributed by atoms with Gasteiger partial charge in [-0.25, -0.2) is 0 Å². The monoisotopic (exact) mass is 323 g/mol. The van der Waals surface area contributed by atoms with E-state index in [1.807, 2.05) is 29.6 Å². The minimum Gasteiger partial charge on any atom is -0.496 e. The highest BCUT2D eigenvalue weighted by Crippen LogP contribution is 2.28. The second-order valence-corrected chi connectivity index (χ2v) is 7.47. The number of benzene rings is 1. The Morgan fingerprint density at radius 1 is 1.38 bits per heavy atom. The third kappa shape index (κ3) is 4.15. The summed E-state index contributed by atoms with van der Waals surface area (Å²) in [5.41, 5.74) is 2.25. The highest BCUT2D eigenvalue weighted by atomic mass is 32.2. The van der Waals surface area contributed by atoms with E-state index in [0.717, 1.165) is 22.1 Å². The molecule has 0 spiro atoms. The summed E-state index contributed by atoms with van der Waals surface area (Å²) < 4.78 is 18.9. The Kier molecular flexibility index (Phi) is 5.96. The zero-order valence-corrected chi connectivity index (χ0v) is 14.2. The van der Waals surface area contributed by atoms with Crippen LogP contribution in [0.3, 0.4) is 0 Å². The minimum atomic E-state index is -1.00. The molecule has 5 heteroatoms. The molecule has 114 valence electrons. The van der Waals surface area contributed by atoms with Crippen LogP contribution in [0.2, 0.25) is 0 Å². The molecule has 0 saturated heterocycles. The van der Waals surface area contributed by atoms with Gasteiger partial charge in [0.25, 0.3) is 0 Å². The quantitative estimate of drug-likeness (QED) is 0.847. The van der Waals surface area contributed by atoms with E-state index in [-0.39, 0.29) is 6.04 Å². The molecule has 1 heterocycles. The molecule has 2 unspecified atom stereocenters. The largest absolute Gasteiger partial charge is 0.496 e. The van der Waals surface area contributed by atoms with Gasteiger partial charge in [0.1, 0.15) is 5.75 Å². The third-order valence-corrected chi connectivity index (χ3v) is 5.98. The first-order valence-corrected chi connectivity index (χ1v) is 9.15. The van der Waals surface area contributed by atoms with Gasteiger partial charge < -0.3 is 10.1 Å². The van der Waals surface area contributed by atoms with E-state index in [4.69, 9.17) is 4.74 Å². The standard InChI is InChI=1S/C16H21NO2S2/c1-4-17-14(11-21(18)16-6-5-9-20-16)13-10-12(2)7-8-15(13)19-3/h5-10,14,17H,4,11H2,1-3H3. The summed E-state index contributed by atoms with van der Waals surface area (Å²) in [6.07, 6.45) is 0. The normalized spacial score (nSPS) is 13.9. The van der Waals surface area contributed by atoms with Crippen molar-refractivity contribution in [2.24, 2.45) is 0 Å². The summed E-state index contributed by atoms with van der Waals surface area (Å²) >= 11 is 1.54. The molecule has 0 radical (unpaired) electrons. The van der Waals surface area contributed by atoms with Crippen molar-refractivity contribution in [2.45, 2.75) is 24.1 Å². The molecule has 1 aromatic carbocycles. The van der Waals surface area contributed by atoms with E-state index in [0.29, 0.717) is 5.75 Å². The number of thiophene rings is 1. The number of methoxy groups -OCH3 is 1. The molecule has 2 rings (SSSR count). The maximum absolute atomic E-state index is 12.5. The van der Waals surface area contributed by atoms with Crippen LogP contribution < -0.4 is 10.1 Å². The van der Waals surface area contributed by atoms with E-state index in [1.165, 1.54) is 5.56 Å². The van der Waals surface area contributed by atoms with Crippen LogP contribution in [0.25, 0.3) is 0 Å². The molecule has 1 aromatic heterocycles. The average Bonchev–Trinajstić information content (AvgIpc) is 3.01. The van der Waals surface area contributed by atoms with Crippen molar-refractivity contribution < 1.29 is 8.95 Å². The van der Waals surface area contributed by atoms with Gasteiger partial charge in [0, 0.05) is 17.4 Å². The fourth-order valence-electron chi connectivity index (χ4n) is 2.26. The molecule has 0 saturated carbocycles. The van der Waals surface area contributed by atoms with Crippen LogP contribution >= 0.6 is 11.3 Å². The van der Waals surface area contributed by atoms with Crippen LogP contribution in [0.5, 0.6) is 5.75 Å². The van der Waals surface area contributed by atoms with Gasteiger partial charge in [-0.15, -0.1) is 11.3 Å². The van der Waals surface area contributed by atoms with Crippen LogP contribution in [0.1, 0.15) is 24.1 Å². The number of aryl methyl sites for hydroxylation is 1. The summed E-state index contributed by atoms with van der Waals surface area (Å²) in [4.78, 5) is 0. The Bertz CT molecular complexity index is 596. The zero-order chi connectivity index (χ0) is 15.2. The topological polar surface area (TPSA) is 38.3 Å². The molecule has 21 heavy (non-hydrogen) atoms. The van der Waals surface area contributed by atoms with Gasteiger partial charge in [0.15, 0.2) is 0 Å². The second kappa shape index (κ2) is 7.73. The molecule has 0 amide bonds. The van der Waals surface area contributed by atoms with Crippen molar-refractivity contribution >= 4 is 22.1 Å². The SMILES string of the molecule is CCNC(CS(=O)c1cccs1)c1cc(C)ccc1OC. The summed E-state index contributed by atoms with van der Waals surface area (Å²) in [6, 6.07) is 10.0. The first-order valence-electron chi connectivity index (χ1n) is 6.95. The predicted molar refractivity (Wildman–Crippen MR) is 89.7 cm³/mol. The molecular formula is C16H21NO2S2. The molecule has 0 aliphatic rings.